The lowest BCUT2D eigenvalue weighted by Gasteiger charge is -2.14. The highest BCUT2D eigenvalue weighted by Crippen LogP contribution is 2.34. The Labute approximate surface area is 125 Å². The van der Waals surface area contributed by atoms with Crippen LogP contribution in [-0.2, 0) is 4.79 Å². The van der Waals surface area contributed by atoms with Crippen LogP contribution in [0.15, 0.2) is 18.2 Å². The van der Waals surface area contributed by atoms with Crippen LogP contribution in [0.4, 0.5) is 0 Å². The average molecular weight is 301 g/mol. The minimum Gasteiger partial charge on any atom is -0.454 e. The smallest absolute Gasteiger partial charge is 0.231 e. The van der Waals surface area contributed by atoms with Gasteiger partial charge >= 0.3 is 0 Å². The summed E-state index contributed by atoms with van der Waals surface area (Å²) >= 11 is 0. The molecule has 2 N–H and O–H groups in total. The van der Waals surface area contributed by atoms with Crippen molar-refractivity contribution in [3.8, 4) is 11.5 Å². The first-order valence-electron chi connectivity index (χ1n) is 6.54. The Hall–Kier alpha value is -1.46. The van der Waals surface area contributed by atoms with Gasteiger partial charge in [0.1, 0.15) is 0 Å². The van der Waals surface area contributed by atoms with E-state index in [0.29, 0.717) is 6.42 Å². The number of carbonyl (C=O) groups is 1. The van der Waals surface area contributed by atoms with E-state index in [1.807, 2.05) is 32.2 Å². The fraction of sp³-hybridized carbons (Fsp3) is 0.500. The molecule has 5 nitrogen and oxygen atoms in total. The summed E-state index contributed by atoms with van der Waals surface area (Å²) in [6.07, 6.45) is 1.38. The summed E-state index contributed by atoms with van der Waals surface area (Å²) in [7, 11) is 1.88. The molecule has 0 aromatic heterocycles. The predicted octanol–water partition coefficient (Wildman–Crippen LogP) is 2.01. The first-order chi connectivity index (χ1) is 9.20. The molecule has 20 heavy (non-hydrogen) atoms. The van der Waals surface area contributed by atoms with E-state index in [1.54, 1.807) is 0 Å². The van der Waals surface area contributed by atoms with Crippen molar-refractivity contribution < 1.29 is 14.3 Å². The molecule has 6 heteroatoms. The summed E-state index contributed by atoms with van der Waals surface area (Å²) in [5, 5.41) is 6.01. The van der Waals surface area contributed by atoms with E-state index in [0.717, 1.165) is 30.0 Å². The fourth-order valence-electron chi connectivity index (χ4n) is 2.01. The van der Waals surface area contributed by atoms with E-state index in [9.17, 15) is 4.79 Å². The summed E-state index contributed by atoms with van der Waals surface area (Å²) in [6, 6.07) is 5.71. The molecule has 1 aromatic carbocycles. The van der Waals surface area contributed by atoms with Crippen LogP contribution in [0, 0.1) is 0 Å². The van der Waals surface area contributed by atoms with Crippen LogP contribution in [-0.4, -0.2) is 26.3 Å². The molecular weight excluding hydrogens is 280 g/mol. The highest BCUT2D eigenvalue weighted by Gasteiger charge is 2.16. The molecule has 1 aliphatic rings. The molecule has 0 aliphatic carbocycles. The van der Waals surface area contributed by atoms with E-state index < -0.39 is 0 Å². The van der Waals surface area contributed by atoms with Gasteiger partial charge in [-0.1, -0.05) is 6.07 Å². The van der Waals surface area contributed by atoms with Gasteiger partial charge in [0.25, 0.3) is 0 Å². The van der Waals surface area contributed by atoms with Crippen LogP contribution in [0.25, 0.3) is 0 Å². The van der Waals surface area contributed by atoms with Crippen LogP contribution >= 0.6 is 12.4 Å². The van der Waals surface area contributed by atoms with Gasteiger partial charge in [-0.25, -0.2) is 0 Å². The van der Waals surface area contributed by atoms with Crippen molar-refractivity contribution in [3.63, 3.8) is 0 Å². The predicted molar refractivity (Wildman–Crippen MR) is 79.5 cm³/mol. The second-order valence-electron chi connectivity index (χ2n) is 4.61. The second kappa shape index (κ2) is 7.97. The van der Waals surface area contributed by atoms with Gasteiger partial charge in [0.15, 0.2) is 11.5 Å². The van der Waals surface area contributed by atoms with Crippen LogP contribution in [0.5, 0.6) is 11.5 Å². The van der Waals surface area contributed by atoms with Gasteiger partial charge in [0.05, 0.1) is 6.04 Å². The number of carbonyl (C=O) groups excluding carboxylic acids is 1. The number of rotatable bonds is 6. The minimum atomic E-state index is -0.0309. The van der Waals surface area contributed by atoms with Gasteiger partial charge in [-0.2, -0.15) is 0 Å². The van der Waals surface area contributed by atoms with Crippen molar-refractivity contribution in [2.75, 3.05) is 20.4 Å². The number of benzene rings is 1. The Morgan fingerprint density at radius 1 is 1.35 bits per heavy atom. The lowest BCUT2D eigenvalue weighted by atomic mass is 10.1. The quantitative estimate of drug-likeness (QED) is 0.789. The molecule has 1 aliphatic heterocycles. The standard InChI is InChI=1S/C14H20N2O3.ClH/c1-10(16-14(17)4-3-7-15-2)11-5-6-12-13(8-11)19-9-18-12;/h5-6,8,10,15H,3-4,7,9H2,1-2H3,(H,16,17);1H. The molecule has 0 spiro atoms. The summed E-state index contributed by atoms with van der Waals surface area (Å²) in [4.78, 5) is 11.7. The molecule has 1 aromatic rings. The summed E-state index contributed by atoms with van der Waals surface area (Å²) < 4.78 is 10.6. The van der Waals surface area contributed by atoms with Crippen LogP contribution < -0.4 is 20.1 Å². The number of hydrogen-bond donors (Lipinski definition) is 2. The number of hydrogen-bond acceptors (Lipinski definition) is 4. The average Bonchev–Trinajstić information content (AvgIpc) is 2.86. The number of ether oxygens (including phenoxy) is 2. The zero-order valence-electron chi connectivity index (χ0n) is 11.8. The highest BCUT2D eigenvalue weighted by molar-refractivity contribution is 5.85. The number of nitrogens with one attached hydrogen (secondary N) is 2. The summed E-state index contributed by atoms with van der Waals surface area (Å²) in [6.45, 7) is 3.09. The Balaban J connectivity index is 0.00000200. The maximum absolute atomic E-state index is 11.7. The van der Waals surface area contributed by atoms with Crippen LogP contribution in [0.1, 0.15) is 31.4 Å². The normalized spacial score (nSPS) is 13.5. The molecule has 1 amide bonds. The third-order valence-electron chi connectivity index (χ3n) is 3.10. The lowest BCUT2D eigenvalue weighted by Crippen LogP contribution is -2.27. The molecule has 0 bridgehead atoms. The number of fused-ring (bicyclic) bond motifs is 1. The second-order valence-corrected chi connectivity index (χ2v) is 4.61. The van der Waals surface area contributed by atoms with Crippen LogP contribution in [0.2, 0.25) is 0 Å². The van der Waals surface area contributed by atoms with E-state index >= 15 is 0 Å². The first-order valence-corrected chi connectivity index (χ1v) is 6.54. The molecule has 0 saturated heterocycles. The molecule has 0 radical (unpaired) electrons. The SMILES string of the molecule is CNCCCC(=O)NC(C)c1ccc2c(c1)OCO2.Cl. The monoisotopic (exact) mass is 300 g/mol. The molecule has 1 atom stereocenters. The van der Waals surface area contributed by atoms with E-state index in [2.05, 4.69) is 10.6 Å². The van der Waals surface area contributed by atoms with E-state index in [-0.39, 0.29) is 31.1 Å². The van der Waals surface area contributed by atoms with Crippen molar-refractivity contribution in [1.82, 2.24) is 10.6 Å². The third kappa shape index (κ3) is 4.28. The van der Waals surface area contributed by atoms with Crippen molar-refractivity contribution in [2.45, 2.75) is 25.8 Å². The first kappa shape index (κ1) is 16.6. The molecule has 0 saturated carbocycles. The Kier molecular flexibility index (Phi) is 6.61. The molecule has 1 unspecified atom stereocenters. The third-order valence-corrected chi connectivity index (χ3v) is 3.10. The molecule has 112 valence electrons. The van der Waals surface area contributed by atoms with Crippen LogP contribution in [0.3, 0.4) is 0 Å². The van der Waals surface area contributed by atoms with Gasteiger partial charge in [-0.15, -0.1) is 12.4 Å². The Bertz CT molecular complexity index is 454. The number of amides is 1. The number of halogens is 1. The summed E-state index contributed by atoms with van der Waals surface area (Å²) in [5.74, 6) is 1.57. The van der Waals surface area contributed by atoms with Crippen molar-refractivity contribution in [2.24, 2.45) is 0 Å². The topological polar surface area (TPSA) is 59.6 Å². The fourth-order valence-corrected chi connectivity index (χ4v) is 2.01. The molecular formula is C14H21ClN2O3. The Morgan fingerprint density at radius 3 is 2.85 bits per heavy atom. The lowest BCUT2D eigenvalue weighted by molar-refractivity contribution is -0.121. The van der Waals surface area contributed by atoms with Crippen molar-refractivity contribution in [1.29, 1.82) is 0 Å². The zero-order chi connectivity index (χ0) is 13.7. The maximum atomic E-state index is 11.7. The highest BCUT2D eigenvalue weighted by atomic mass is 35.5. The van der Waals surface area contributed by atoms with Crippen molar-refractivity contribution >= 4 is 18.3 Å². The maximum Gasteiger partial charge on any atom is 0.231 e. The van der Waals surface area contributed by atoms with Gasteiger partial charge in [-0.05, 0) is 44.6 Å². The van der Waals surface area contributed by atoms with Gasteiger partial charge in [0.2, 0.25) is 12.7 Å². The van der Waals surface area contributed by atoms with E-state index in [4.69, 9.17) is 9.47 Å². The Morgan fingerprint density at radius 2 is 2.10 bits per heavy atom. The summed E-state index contributed by atoms with van der Waals surface area (Å²) in [5.41, 5.74) is 1.02. The van der Waals surface area contributed by atoms with Gasteiger partial charge in [-0.3, -0.25) is 4.79 Å². The van der Waals surface area contributed by atoms with Gasteiger partial charge < -0.3 is 20.1 Å². The van der Waals surface area contributed by atoms with Crippen molar-refractivity contribution in [3.05, 3.63) is 23.8 Å². The van der Waals surface area contributed by atoms with Gasteiger partial charge in [0, 0.05) is 6.42 Å². The molecule has 2 rings (SSSR count). The zero-order valence-corrected chi connectivity index (χ0v) is 12.6. The minimum absolute atomic E-state index is 0. The molecule has 1 heterocycles. The van der Waals surface area contributed by atoms with E-state index in [1.165, 1.54) is 0 Å². The molecule has 0 fully saturated rings. The largest absolute Gasteiger partial charge is 0.454 e.